The highest BCUT2D eigenvalue weighted by Crippen LogP contribution is 2.55. The van der Waals surface area contributed by atoms with Gasteiger partial charge in [0, 0.05) is 6.42 Å². The minimum Gasteiger partial charge on any atom is -0.461 e. The number of allylic oxidation sites excluding steroid dienone is 1. The molecule has 0 saturated carbocycles. The maximum atomic E-state index is 12.9. The Hall–Kier alpha value is -0.840. The number of esters is 1. The molecule has 7 heteroatoms. The molecule has 1 saturated heterocycles. The summed E-state index contributed by atoms with van der Waals surface area (Å²) in [5.74, 6) is -0.187. The number of carbonyl (C=O) groups is 1. The molecule has 0 bridgehead atoms. The highest BCUT2D eigenvalue weighted by Gasteiger charge is 2.43. The van der Waals surface area contributed by atoms with Crippen LogP contribution in [0.2, 0.25) is 0 Å². The molecule has 2 rings (SSSR count). The van der Waals surface area contributed by atoms with Gasteiger partial charge in [0.05, 0.1) is 24.7 Å². The van der Waals surface area contributed by atoms with E-state index in [0.717, 1.165) is 19.3 Å². The van der Waals surface area contributed by atoms with Crippen LogP contribution in [-0.4, -0.2) is 25.8 Å². The van der Waals surface area contributed by atoms with Gasteiger partial charge in [0.1, 0.15) is 12.4 Å². The van der Waals surface area contributed by atoms with Crippen LogP contribution in [0.4, 0.5) is 0 Å². The normalized spacial score (nSPS) is 23.4. The maximum absolute atomic E-state index is 12.9. The molecule has 0 N–H and O–H groups in total. The second-order valence-corrected chi connectivity index (χ2v) is 10.4. The van der Waals surface area contributed by atoms with Crippen LogP contribution in [0.15, 0.2) is 11.3 Å². The van der Waals surface area contributed by atoms with Gasteiger partial charge in [0.2, 0.25) is 0 Å². The lowest BCUT2D eigenvalue weighted by atomic mass is 10.0. The number of unbranched alkanes of at least 4 members (excludes halogenated alkanes) is 12. The summed E-state index contributed by atoms with van der Waals surface area (Å²) in [5.41, 5.74) is 0.476. The molecule has 31 heavy (non-hydrogen) atoms. The molecule has 180 valence electrons. The van der Waals surface area contributed by atoms with Crippen LogP contribution in [0.1, 0.15) is 110 Å². The van der Waals surface area contributed by atoms with E-state index in [1.54, 1.807) is 0 Å². The molecule has 0 unspecified atom stereocenters. The molecular formula is C24H43O6P. The Morgan fingerprint density at radius 3 is 2.00 bits per heavy atom. The molecular weight excluding hydrogens is 415 g/mol. The molecule has 2 aliphatic heterocycles. The average molecular weight is 459 g/mol. The Morgan fingerprint density at radius 1 is 0.839 bits per heavy atom. The zero-order valence-corrected chi connectivity index (χ0v) is 20.6. The SMILES string of the molecule is CCCCCCCCCCCCCCCO[P@]1(=O)OC[C@@H]2COC(=O)C2=C(CCC)O1. The Bertz CT molecular complexity index is 603. The molecule has 1 fully saturated rings. The van der Waals surface area contributed by atoms with Gasteiger partial charge >= 0.3 is 13.8 Å². The van der Waals surface area contributed by atoms with Gasteiger partial charge in [-0.05, 0) is 12.8 Å². The first-order chi connectivity index (χ1) is 15.1. The molecule has 0 amide bonds. The lowest BCUT2D eigenvalue weighted by molar-refractivity contribution is -0.135. The first kappa shape index (κ1) is 26.4. The van der Waals surface area contributed by atoms with Gasteiger partial charge in [-0.15, -0.1) is 0 Å². The summed E-state index contributed by atoms with van der Waals surface area (Å²) < 4.78 is 34.7. The molecule has 0 aromatic rings. The van der Waals surface area contributed by atoms with E-state index in [-0.39, 0.29) is 25.1 Å². The van der Waals surface area contributed by atoms with E-state index < -0.39 is 7.82 Å². The minimum absolute atomic E-state index is 0.129. The van der Waals surface area contributed by atoms with Crippen LogP contribution in [0.25, 0.3) is 0 Å². The van der Waals surface area contributed by atoms with Crippen molar-refractivity contribution in [2.75, 3.05) is 19.8 Å². The fourth-order valence-corrected chi connectivity index (χ4v) is 5.49. The van der Waals surface area contributed by atoms with Gasteiger partial charge in [0.25, 0.3) is 0 Å². The van der Waals surface area contributed by atoms with Crippen molar-refractivity contribution in [2.24, 2.45) is 5.92 Å². The third kappa shape index (κ3) is 9.67. The Labute approximate surface area is 189 Å². The second kappa shape index (κ2) is 15.1. The van der Waals surface area contributed by atoms with Gasteiger partial charge in [-0.3, -0.25) is 9.05 Å². The predicted octanol–water partition coefficient (Wildman–Crippen LogP) is 7.48. The molecule has 2 aliphatic rings. The van der Waals surface area contributed by atoms with E-state index in [0.29, 0.717) is 24.4 Å². The van der Waals surface area contributed by atoms with E-state index in [1.165, 1.54) is 70.6 Å². The summed E-state index contributed by atoms with van der Waals surface area (Å²) in [6.45, 7) is 4.97. The number of hydrogen-bond donors (Lipinski definition) is 0. The van der Waals surface area contributed by atoms with Crippen LogP contribution in [0.3, 0.4) is 0 Å². The van der Waals surface area contributed by atoms with Crippen LogP contribution in [0.5, 0.6) is 0 Å². The van der Waals surface area contributed by atoms with Crippen molar-refractivity contribution in [1.29, 1.82) is 0 Å². The van der Waals surface area contributed by atoms with Crippen LogP contribution in [0, 0.1) is 5.92 Å². The zero-order valence-electron chi connectivity index (χ0n) is 19.7. The zero-order chi connectivity index (χ0) is 22.4. The average Bonchev–Trinajstić information content (AvgIpc) is 3.06. The molecule has 0 aliphatic carbocycles. The van der Waals surface area contributed by atoms with Crippen LogP contribution >= 0.6 is 7.82 Å². The van der Waals surface area contributed by atoms with E-state index in [2.05, 4.69) is 6.92 Å². The number of rotatable bonds is 17. The van der Waals surface area contributed by atoms with Crippen molar-refractivity contribution in [3.05, 3.63) is 11.3 Å². The monoisotopic (exact) mass is 458 g/mol. The molecule has 2 atom stereocenters. The quantitative estimate of drug-likeness (QED) is 0.128. The Kier molecular flexibility index (Phi) is 12.8. The standard InChI is InChI=1S/C24H43O6P/c1-3-5-6-7-8-9-10-11-12-13-14-15-16-18-28-31(26)29-20-21-19-27-24(25)23(21)22(30-31)17-4-2/h21H,3-20H2,1-2H3/t21-,31+/m0/s1. The molecule has 0 radical (unpaired) electrons. The Morgan fingerprint density at radius 2 is 1.42 bits per heavy atom. The minimum atomic E-state index is -3.67. The third-order valence-electron chi connectivity index (χ3n) is 5.97. The topological polar surface area (TPSA) is 71.1 Å². The summed E-state index contributed by atoms with van der Waals surface area (Å²) in [5, 5.41) is 0. The summed E-state index contributed by atoms with van der Waals surface area (Å²) >= 11 is 0. The first-order valence-electron chi connectivity index (χ1n) is 12.6. The van der Waals surface area contributed by atoms with Crippen molar-refractivity contribution in [1.82, 2.24) is 0 Å². The first-order valence-corrected chi connectivity index (χ1v) is 14.0. The van der Waals surface area contributed by atoms with Crippen LogP contribution < -0.4 is 0 Å². The van der Waals surface area contributed by atoms with Crippen molar-refractivity contribution in [3.8, 4) is 0 Å². The number of ether oxygens (including phenoxy) is 1. The summed E-state index contributed by atoms with van der Waals surface area (Å²) in [6, 6.07) is 0. The molecule has 6 nitrogen and oxygen atoms in total. The summed E-state index contributed by atoms with van der Waals surface area (Å²) in [7, 11) is -3.67. The lowest BCUT2D eigenvalue weighted by Crippen LogP contribution is -2.10. The number of cyclic esters (lactones) is 1. The van der Waals surface area contributed by atoms with Crippen molar-refractivity contribution in [3.63, 3.8) is 0 Å². The molecule has 0 aromatic carbocycles. The molecule has 0 aromatic heterocycles. The Balaban J connectivity index is 1.55. The molecule has 0 spiro atoms. The number of carbonyl (C=O) groups excluding carboxylic acids is 1. The van der Waals surface area contributed by atoms with E-state index in [9.17, 15) is 9.36 Å². The van der Waals surface area contributed by atoms with E-state index in [1.807, 2.05) is 6.92 Å². The van der Waals surface area contributed by atoms with Gasteiger partial charge in [-0.1, -0.05) is 90.9 Å². The highest BCUT2D eigenvalue weighted by molar-refractivity contribution is 7.48. The predicted molar refractivity (Wildman–Crippen MR) is 123 cm³/mol. The van der Waals surface area contributed by atoms with Gasteiger partial charge in [0.15, 0.2) is 0 Å². The number of phosphoric acid groups is 1. The summed E-state index contributed by atoms with van der Waals surface area (Å²) in [4.78, 5) is 12.0. The van der Waals surface area contributed by atoms with Gasteiger partial charge < -0.3 is 9.26 Å². The van der Waals surface area contributed by atoms with Crippen molar-refractivity contribution < 1.29 is 27.7 Å². The fourth-order valence-electron chi connectivity index (χ4n) is 4.14. The fraction of sp³-hybridized carbons (Fsp3) is 0.875. The van der Waals surface area contributed by atoms with Gasteiger partial charge in [-0.25, -0.2) is 9.36 Å². The van der Waals surface area contributed by atoms with Crippen molar-refractivity contribution in [2.45, 2.75) is 110 Å². The van der Waals surface area contributed by atoms with E-state index >= 15 is 0 Å². The highest BCUT2D eigenvalue weighted by atomic mass is 31.2. The van der Waals surface area contributed by atoms with Gasteiger partial charge in [-0.2, -0.15) is 0 Å². The second-order valence-electron chi connectivity index (χ2n) is 8.79. The van der Waals surface area contributed by atoms with Crippen LogP contribution in [-0.2, 0) is 27.7 Å². The number of fused-ring (bicyclic) bond motifs is 1. The maximum Gasteiger partial charge on any atom is 0.529 e. The number of hydrogen-bond acceptors (Lipinski definition) is 6. The third-order valence-corrected chi connectivity index (χ3v) is 7.38. The lowest BCUT2D eigenvalue weighted by Gasteiger charge is -2.18. The summed E-state index contributed by atoms with van der Waals surface area (Å²) in [6.07, 6.45) is 17.8. The number of phosphoric ester groups is 1. The smallest absolute Gasteiger partial charge is 0.461 e. The van der Waals surface area contributed by atoms with E-state index in [4.69, 9.17) is 18.3 Å². The molecule has 2 heterocycles. The largest absolute Gasteiger partial charge is 0.529 e. The van der Waals surface area contributed by atoms with Crippen molar-refractivity contribution >= 4 is 13.8 Å².